The SMILES string of the molecule is Cc1cccc(C)c1-c1cc2c3c(c1)N(c1ccc(C(C)(C)C)cc1-c1ccccc1)c1cc4c(cc1B3N1c3ccccc3[Si]3(c5ccccc5-c5ccccc53)c3cccc-2c31)oc1ccccc14. The third kappa shape index (κ3) is 5.39. The number of benzene rings is 10. The Morgan fingerprint density at radius 1 is 0.437 bits per heavy atom. The molecule has 5 heteroatoms. The molecule has 0 bridgehead atoms. The van der Waals surface area contributed by atoms with Crippen LogP contribution in [0, 0.1) is 13.8 Å². The number of hydrogen-bond acceptors (Lipinski definition) is 3. The van der Waals surface area contributed by atoms with E-state index < -0.39 is 8.07 Å². The van der Waals surface area contributed by atoms with Gasteiger partial charge in [0.25, 0.3) is 0 Å². The van der Waals surface area contributed by atoms with E-state index >= 15 is 0 Å². The van der Waals surface area contributed by atoms with Gasteiger partial charge in [0, 0.05) is 44.6 Å². The zero-order chi connectivity index (χ0) is 47.5. The van der Waals surface area contributed by atoms with Crippen LogP contribution in [-0.2, 0) is 5.41 Å². The van der Waals surface area contributed by atoms with Gasteiger partial charge < -0.3 is 14.1 Å². The summed E-state index contributed by atoms with van der Waals surface area (Å²) in [6.07, 6.45) is 0. The first-order chi connectivity index (χ1) is 34.7. The minimum Gasteiger partial charge on any atom is -0.456 e. The minimum absolute atomic E-state index is 0.0552. The van der Waals surface area contributed by atoms with Crippen LogP contribution >= 0.6 is 0 Å². The van der Waals surface area contributed by atoms with E-state index in [1.54, 1.807) is 0 Å². The second-order valence-corrected chi connectivity index (χ2v) is 24.9. The van der Waals surface area contributed by atoms with E-state index in [0.717, 1.165) is 27.6 Å². The lowest BCUT2D eigenvalue weighted by molar-refractivity contribution is 0.590. The Bertz CT molecular complexity index is 4040. The molecule has 4 aliphatic rings. The summed E-state index contributed by atoms with van der Waals surface area (Å²) in [5, 5.41) is 8.09. The van der Waals surface area contributed by atoms with Crippen molar-refractivity contribution in [1.29, 1.82) is 0 Å². The molecule has 0 aliphatic carbocycles. The summed E-state index contributed by atoms with van der Waals surface area (Å²) >= 11 is 0. The lowest BCUT2D eigenvalue weighted by Gasteiger charge is -2.52. The van der Waals surface area contributed by atoms with Gasteiger partial charge in [-0.25, -0.2) is 0 Å². The molecular weight excluding hydrogens is 876 g/mol. The van der Waals surface area contributed by atoms with Crippen LogP contribution in [0.5, 0.6) is 0 Å². The lowest BCUT2D eigenvalue weighted by atomic mass is 9.43. The molecule has 4 aliphatic heterocycles. The smallest absolute Gasteiger partial charge is 0.333 e. The van der Waals surface area contributed by atoms with Gasteiger partial charge in [0.15, 0.2) is 8.07 Å². The van der Waals surface area contributed by atoms with Gasteiger partial charge in [-0.3, -0.25) is 0 Å². The molecule has 0 radical (unpaired) electrons. The summed E-state index contributed by atoms with van der Waals surface area (Å²) in [5.74, 6) is 0. The molecule has 0 unspecified atom stereocenters. The molecule has 0 N–H and O–H groups in total. The predicted molar refractivity (Wildman–Crippen MR) is 303 cm³/mol. The fourth-order valence-electron chi connectivity index (χ4n) is 13.5. The number of hydrogen-bond donors (Lipinski definition) is 0. The van der Waals surface area contributed by atoms with Crippen LogP contribution in [0.4, 0.5) is 28.4 Å². The first-order valence-electron chi connectivity index (χ1n) is 25.1. The summed E-state index contributed by atoms with van der Waals surface area (Å²) < 4.78 is 6.91. The maximum Gasteiger partial charge on any atom is 0.333 e. The van der Waals surface area contributed by atoms with E-state index in [-0.39, 0.29) is 12.3 Å². The standard InChI is InChI=1S/C66H49BN2OSi/c1-40-19-17-20-41(2)63(40)43-35-51-48-26-18-32-62-65(48)69(54-27-12-16-31-61(54)71(62)59-29-14-10-24-46(59)47-25-11-15-30-60(47)71)67-52-39-58-50(45-23-9-13-28-57(45)70-58)38-55(52)68(56(36-43)64(51)67)53-34-33-44(66(3,4)5)37-49(53)42-21-7-6-8-22-42/h6-39H,1-5H3. The van der Waals surface area contributed by atoms with Crippen LogP contribution in [-0.4, -0.2) is 14.9 Å². The molecule has 11 aromatic rings. The van der Waals surface area contributed by atoms with E-state index in [9.17, 15) is 0 Å². The summed E-state index contributed by atoms with van der Waals surface area (Å²) in [6, 6.07) is 78.8. The second kappa shape index (κ2) is 14.5. The molecule has 15 rings (SSSR count). The number of anilines is 5. The Morgan fingerprint density at radius 2 is 1.08 bits per heavy atom. The quantitative estimate of drug-likeness (QED) is 0.165. The number of para-hydroxylation sites is 3. The van der Waals surface area contributed by atoms with Gasteiger partial charge in [-0.1, -0.05) is 178 Å². The highest BCUT2D eigenvalue weighted by Gasteiger charge is 2.57. The third-order valence-electron chi connectivity index (χ3n) is 16.4. The fraction of sp³-hybridized carbons (Fsp3) is 0.0909. The highest BCUT2D eigenvalue weighted by atomic mass is 28.3. The van der Waals surface area contributed by atoms with Crippen molar-refractivity contribution < 1.29 is 4.42 Å². The average Bonchev–Trinajstić information content (AvgIpc) is 3.91. The topological polar surface area (TPSA) is 19.6 Å². The Balaban J connectivity index is 1.13. The van der Waals surface area contributed by atoms with Crippen molar-refractivity contribution in [2.45, 2.75) is 40.0 Å². The first-order valence-corrected chi connectivity index (χ1v) is 27.1. The number of rotatable bonds is 3. The molecule has 336 valence electrons. The highest BCUT2D eigenvalue weighted by molar-refractivity contribution is 7.24. The number of fused-ring (bicyclic) bond motifs is 16. The monoisotopic (exact) mass is 924 g/mol. The molecule has 0 saturated carbocycles. The van der Waals surface area contributed by atoms with Crippen molar-refractivity contribution in [2.75, 3.05) is 9.71 Å². The fourth-order valence-corrected chi connectivity index (χ4v) is 19.0. The van der Waals surface area contributed by atoms with Crippen LogP contribution in [0.25, 0.3) is 66.4 Å². The maximum atomic E-state index is 6.91. The van der Waals surface area contributed by atoms with Crippen LogP contribution < -0.4 is 41.4 Å². The Hall–Kier alpha value is -8.12. The van der Waals surface area contributed by atoms with Gasteiger partial charge in [0.2, 0.25) is 0 Å². The largest absolute Gasteiger partial charge is 0.456 e. The lowest BCUT2D eigenvalue weighted by Crippen LogP contribution is -2.78. The molecule has 5 heterocycles. The molecule has 10 aromatic carbocycles. The van der Waals surface area contributed by atoms with Crippen molar-refractivity contribution in [3.05, 3.63) is 223 Å². The summed E-state index contributed by atoms with van der Waals surface area (Å²) in [6.45, 7) is 11.3. The van der Waals surface area contributed by atoms with Crippen molar-refractivity contribution in [3.8, 4) is 44.5 Å². The Labute approximate surface area is 416 Å². The zero-order valence-corrected chi connectivity index (χ0v) is 41.5. The normalized spacial score (nSPS) is 14.3. The molecule has 71 heavy (non-hydrogen) atoms. The molecule has 1 aromatic heterocycles. The predicted octanol–water partition coefficient (Wildman–Crippen LogP) is 13.2. The van der Waals surface area contributed by atoms with Gasteiger partial charge in [-0.05, 0) is 150 Å². The van der Waals surface area contributed by atoms with Gasteiger partial charge in [-0.2, -0.15) is 0 Å². The molecule has 3 nitrogen and oxygen atoms in total. The van der Waals surface area contributed by atoms with Gasteiger partial charge >= 0.3 is 6.85 Å². The molecular formula is C66H49BN2OSi. The van der Waals surface area contributed by atoms with E-state index in [2.05, 4.69) is 251 Å². The third-order valence-corrected chi connectivity index (χ3v) is 21.4. The van der Waals surface area contributed by atoms with Crippen molar-refractivity contribution in [2.24, 2.45) is 0 Å². The van der Waals surface area contributed by atoms with Gasteiger partial charge in [0.05, 0.1) is 5.69 Å². The minimum atomic E-state index is -2.87. The second-order valence-electron chi connectivity index (χ2n) is 21.2. The number of aryl methyl sites for hydroxylation is 2. The molecule has 0 atom stereocenters. The highest BCUT2D eigenvalue weighted by Crippen LogP contribution is 2.52. The summed E-state index contributed by atoms with van der Waals surface area (Å²) in [5.41, 5.74) is 24.5. The van der Waals surface area contributed by atoms with Crippen LogP contribution in [0.1, 0.15) is 37.5 Å². The Kier molecular flexibility index (Phi) is 8.31. The van der Waals surface area contributed by atoms with Crippen molar-refractivity contribution in [1.82, 2.24) is 0 Å². The Morgan fingerprint density at radius 3 is 1.85 bits per heavy atom. The van der Waals surface area contributed by atoms with E-state index in [1.807, 2.05) is 0 Å². The van der Waals surface area contributed by atoms with E-state index in [0.29, 0.717) is 0 Å². The number of nitrogens with zero attached hydrogens (tertiary/aromatic N) is 2. The number of furan rings is 1. The van der Waals surface area contributed by atoms with Crippen molar-refractivity contribution >= 4 is 97.0 Å². The van der Waals surface area contributed by atoms with Gasteiger partial charge in [0.1, 0.15) is 11.2 Å². The first kappa shape index (κ1) is 40.7. The van der Waals surface area contributed by atoms with E-state index in [1.165, 1.54) is 116 Å². The summed E-state index contributed by atoms with van der Waals surface area (Å²) in [4.78, 5) is 5.39. The average molecular weight is 925 g/mol. The molecule has 0 saturated heterocycles. The molecule has 0 fully saturated rings. The van der Waals surface area contributed by atoms with Crippen LogP contribution in [0.2, 0.25) is 0 Å². The van der Waals surface area contributed by atoms with Gasteiger partial charge in [-0.15, -0.1) is 0 Å². The van der Waals surface area contributed by atoms with Crippen LogP contribution in [0.15, 0.2) is 211 Å². The molecule has 1 spiro atoms. The van der Waals surface area contributed by atoms with E-state index in [4.69, 9.17) is 4.42 Å². The maximum absolute atomic E-state index is 6.91. The summed E-state index contributed by atoms with van der Waals surface area (Å²) in [7, 11) is -2.87. The van der Waals surface area contributed by atoms with Crippen LogP contribution in [0.3, 0.4) is 0 Å². The molecule has 0 amide bonds. The zero-order valence-electron chi connectivity index (χ0n) is 40.5. The van der Waals surface area contributed by atoms with Crippen molar-refractivity contribution in [3.63, 3.8) is 0 Å².